The Kier molecular flexibility index (Phi) is 4.76. The maximum Gasteiger partial charge on any atom is 0.271 e. The lowest BCUT2D eigenvalue weighted by Crippen LogP contribution is -2.44. The first-order valence-corrected chi connectivity index (χ1v) is 7.91. The summed E-state index contributed by atoms with van der Waals surface area (Å²) in [4.78, 5) is 23.4. The number of nitro benzene ring substituents is 1. The van der Waals surface area contributed by atoms with Crippen molar-refractivity contribution in [2.24, 2.45) is 0 Å². The first-order chi connectivity index (χ1) is 12.0. The number of nitro groups is 1. The van der Waals surface area contributed by atoms with Gasteiger partial charge in [0, 0.05) is 31.0 Å². The molecule has 25 heavy (non-hydrogen) atoms. The highest BCUT2D eigenvalue weighted by Gasteiger charge is 2.42. The molecule has 2 aromatic carbocycles. The minimum atomic E-state index is -0.926. The van der Waals surface area contributed by atoms with Crippen LogP contribution in [-0.2, 0) is 14.9 Å². The van der Waals surface area contributed by atoms with Crippen molar-refractivity contribution in [3.63, 3.8) is 0 Å². The fourth-order valence-electron chi connectivity index (χ4n) is 3.10. The molecule has 1 aliphatic heterocycles. The van der Waals surface area contributed by atoms with E-state index in [1.807, 2.05) is 0 Å². The maximum atomic E-state index is 13.7. The summed E-state index contributed by atoms with van der Waals surface area (Å²) >= 11 is 0. The topological polar surface area (TPSA) is 81.5 Å². The summed E-state index contributed by atoms with van der Waals surface area (Å²) in [5.74, 6) is -0.728. The zero-order valence-electron chi connectivity index (χ0n) is 13.4. The maximum absolute atomic E-state index is 13.7. The Morgan fingerprint density at radius 1 is 1.16 bits per heavy atom. The molecule has 6 nitrogen and oxygen atoms in total. The molecule has 1 fully saturated rings. The third-order valence-electron chi connectivity index (χ3n) is 4.47. The van der Waals surface area contributed by atoms with Crippen molar-refractivity contribution in [3.05, 3.63) is 70.0 Å². The van der Waals surface area contributed by atoms with Crippen molar-refractivity contribution in [2.45, 2.75) is 18.3 Å². The average molecular weight is 344 g/mol. The molecule has 2 aromatic rings. The van der Waals surface area contributed by atoms with Crippen LogP contribution in [0.5, 0.6) is 0 Å². The molecule has 0 unspecified atom stereocenters. The summed E-state index contributed by atoms with van der Waals surface area (Å²) in [5.41, 5.74) is -0.116. The standard InChI is InChI=1S/C18H17FN2O4/c19-14-4-1-3-13(11-14)18(7-9-25-10-8-18)17(22)20-15-5-2-6-16(12-15)21(23)24/h1-6,11-12H,7-10H2,(H,20,22). The molecule has 7 heteroatoms. The van der Waals surface area contributed by atoms with Gasteiger partial charge >= 0.3 is 0 Å². The molecule has 0 radical (unpaired) electrons. The number of ether oxygens (including phenoxy) is 1. The number of benzene rings is 2. The highest BCUT2D eigenvalue weighted by atomic mass is 19.1. The zero-order chi connectivity index (χ0) is 17.9. The van der Waals surface area contributed by atoms with Gasteiger partial charge in [-0.2, -0.15) is 0 Å². The van der Waals surface area contributed by atoms with Gasteiger partial charge in [0.25, 0.3) is 5.69 Å². The second-order valence-electron chi connectivity index (χ2n) is 5.97. The van der Waals surface area contributed by atoms with Gasteiger partial charge in [0.1, 0.15) is 5.82 Å². The van der Waals surface area contributed by atoms with E-state index in [0.717, 1.165) is 0 Å². The number of hydrogen-bond donors (Lipinski definition) is 1. The van der Waals surface area contributed by atoms with Gasteiger partial charge in [-0.3, -0.25) is 14.9 Å². The molecular weight excluding hydrogens is 327 g/mol. The number of anilines is 1. The quantitative estimate of drug-likeness (QED) is 0.681. The van der Waals surface area contributed by atoms with Crippen molar-refractivity contribution in [1.82, 2.24) is 0 Å². The Balaban J connectivity index is 1.93. The van der Waals surface area contributed by atoms with Gasteiger partial charge < -0.3 is 10.1 Å². The summed E-state index contributed by atoms with van der Waals surface area (Å²) in [6.07, 6.45) is 0.828. The van der Waals surface area contributed by atoms with Crippen LogP contribution in [0.2, 0.25) is 0 Å². The molecule has 1 amide bonds. The van der Waals surface area contributed by atoms with Crippen molar-refractivity contribution in [3.8, 4) is 0 Å². The van der Waals surface area contributed by atoms with E-state index in [1.165, 1.54) is 30.3 Å². The summed E-state index contributed by atoms with van der Waals surface area (Å²) in [6, 6.07) is 11.7. The van der Waals surface area contributed by atoms with Crippen LogP contribution in [0.3, 0.4) is 0 Å². The normalized spacial score (nSPS) is 16.2. The fourth-order valence-corrected chi connectivity index (χ4v) is 3.10. The Morgan fingerprint density at radius 3 is 2.56 bits per heavy atom. The predicted molar refractivity (Wildman–Crippen MR) is 89.9 cm³/mol. The van der Waals surface area contributed by atoms with E-state index >= 15 is 0 Å². The van der Waals surface area contributed by atoms with E-state index in [2.05, 4.69) is 5.32 Å². The van der Waals surface area contributed by atoms with Crippen molar-refractivity contribution in [1.29, 1.82) is 0 Å². The van der Waals surface area contributed by atoms with Gasteiger partial charge in [0.2, 0.25) is 5.91 Å². The number of nitrogens with one attached hydrogen (secondary N) is 1. The Morgan fingerprint density at radius 2 is 1.88 bits per heavy atom. The van der Waals surface area contributed by atoms with Crippen molar-refractivity contribution < 1.29 is 18.8 Å². The number of nitrogens with zero attached hydrogens (tertiary/aromatic N) is 1. The van der Waals surface area contributed by atoms with Gasteiger partial charge in [-0.25, -0.2) is 4.39 Å². The summed E-state index contributed by atoms with van der Waals surface area (Å²) in [5, 5.41) is 13.6. The molecule has 0 aromatic heterocycles. The van der Waals surface area contributed by atoms with Crippen LogP contribution in [-0.4, -0.2) is 24.0 Å². The molecule has 0 bridgehead atoms. The van der Waals surface area contributed by atoms with E-state index in [4.69, 9.17) is 4.74 Å². The third-order valence-corrected chi connectivity index (χ3v) is 4.47. The lowest BCUT2D eigenvalue weighted by Gasteiger charge is -2.36. The number of amides is 1. The highest BCUT2D eigenvalue weighted by molar-refractivity contribution is 5.99. The average Bonchev–Trinajstić information content (AvgIpc) is 2.62. The Hall–Kier alpha value is -2.80. The van der Waals surface area contributed by atoms with Crippen LogP contribution in [0.15, 0.2) is 48.5 Å². The van der Waals surface area contributed by atoms with Crippen LogP contribution in [0.1, 0.15) is 18.4 Å². The number of carbonyl (C=O) groups excluding carboxylic acids is 1. The van der Waals surface area contributed by atoms with E-state index in [1.54, 1.807) is 18.2 Å². The smallest absolute Gasteiger partial charge is 0.271 e. The second-order valence-corrected chi connectivity index (χ2v) is 5.97. The summed E-state index contributed by atoms with van der Waals surface area (Å²) in [6.45, 7) is 0.776. The molecule has 3 rings (SSSR count). The highest BCUT2D eigenvalue weighted by Crippen LogP contribution is 2.36. The fraction of sp³-hybridized carbons (Fsp3) is 0.278. The van der Waals surface area contributed by atoms with Crippen molar-refractivity contribution >= 4 is 17.3 Å². The van der Waals surface area contributed by atoms with Crippen LogP contribution in [0, 0.1) is 15.9 Å². The molecule has 0 saturated carbocycles. The first kappa shape index (κ1) is 17.0. The third kappa shape index (κ3) is 3.51. The molecule has 130 valence electrons. The number of rotatable bonds is 4. The van der Waals surface area contributed by atoms with Crippen LogP contribution >= 0.6 is 0 Å². The summed E-state index contributed by atoms with van der Waals surface area (Å²) in [7, 11) is 0. The molecule has 1 aliphatic rings. The minimum absolute atomic E-state index is 0.107. The second kappa shape index (κ2) is 6.98. The van der Waals surface area contributed by atoms with E-state index in [9.17, 15) is 19.3 Å². The molecule has 1 N–H and O–H groups in total. The predicted octanol–water partition coefficient (Wildman–Crippen LogP) is 3.42. The van der Waals surface area contributed by atoms with Crippen LogP contribution in [0.25, 0.3) is 0 Å². The number of hydrogen-bond acceptors (Lipinski definition) is 4. The monoisotopic (exact) mass is 344 g/mol. The lowest BCUT2D eigenvalue weighted by atomic mass is 9.73. The van der Waals surface area contributed by atoms with Crippen molar-refractivity contribution in [2.75, 3.05) is 18.5 Å². The minimum Gasteiger partial charge on any atom is -0.381 e. The number of carbonyl (C=O) groups is 1. The molecule has 0 spiro atoms. The Labute approximate surface area is 143 Å². The molecule has 0 aliphatic carbocycles. The Bertz CT molecular complexity index is 803. The number of non-ortho nitro benzene ring substituents is 1. The van der Waals surface area contributed by atoms with Gasteiger partial charge in [-0.1, -0.05) is 18.2 Å². The molecule has 0 atom stereocenters. The molecular formula is C18H17FN2O4. The van der Waals surface area contributed by atoms with Gasteiger partial charge in [0.15, 0.2) is 0 Å². The van der Waals surface area contributed by atoms with Gasteiger partial charge in [0.05, 0.1) is 10.3 Å². The molecule has 1 heterocycles. The van der Waals surface area contributed by atoms with Crippen LogP contribution in [0.4, 0.5) is 15.8 Å². The van der Waals surface area contributed by atoms with E-state index in [0.29, 0.717) is 37.3 Å². The van der Waals surface area contributed by atoms with Gasteiger partial charge in [-0.15, -0.1) is 0 Å². The number of halogens is 1. The van der Waals surface area contributed by atoms with Gasteiger partial charge in [-0.05, 0) is 36.6 Å². The zero-order valence-corrected chi connectivity index (χ0v) is 13.4. The van der Waals surface area contributed by atoms with E-state index < -0.39 is 16.2 Å². The van der Waals surface area contributed by atoms with Crippen LogP contribution < -0.4 is 5.32 Å². The largest absolute Gasteiger partial charge is 0.381 e. The first-order valence-electron chi connectivity index (χ1n) is 7.91. The van der Waals surface area contributed by atoms with E-state index in [-0.39, 0.29) is 11.6 Å². The SMILES string of the molecule is O=C(Nc1cccc([N+](=O)[O-])c1)C1(c2cccc(F)c2)CCOCC1. The molecule has 1 saturated heterocycles. The summed E-state index contributed by atoms with van der Waals surface area (Å²) < 4.78 is 19.1. The lowest BCUT2D eigenvalue weighted by molar-refractivity contribution is -0.384.